The summed E-state index contributed by atoms with van der Waals surface area (Å²) in [6.45, 7) is 6.89. The fraction of sp³-hybridized carbons (Fsp3) is 0.312. The standard InChI is InChI=1S/C26H29N2O7P.C6H4ClF2N/c1-5-25(6-2,27-21(29)17-13-9-10-14-18(17)22(27)30)34-36(33)35-26(7-3,8-4)28-23(31)19-15-11-12-16-20(19)24(28)32;7-5-3(8)1-2-4(10)6(5)9/h9-16,36H,5-8H2,1-4H3;1-2H,10H2. The molecule has 0 bridgehead atoms. The Morgan fingerprint density at radius 1 is 0.674 bits per heavy atom. The maximum atomic E-state index is 13.4. The van der Waals surface area contributed by atoms with E-state index in [1.54, 1.807) is 76.2 Å². The molecule has 5 rings (SSSR count). The highest BCUT2D eigenvalue weighted by atomic mass is 35.5. The van der Waals surface area contributed by atoms with Crippen LogP contribution in [0.15, 0.2) is 60.7 Å². The van der Waals surface area contributed by atoms with Crippen LogP contribution >= 0.6 is 19.9 Å². The number of hydrogen-bond acceptors (Lipinski definition) is 8. The Balaban J connectivity index is 0.000000409. The van der Waals surface area contributed by atoms with Gasteiger partial charge in [0.15, 0.2) is 17.3 Å². The van der Waals surface area contributed by atoms with Gasteiger partial charge in [-0.3, -0.25) is 32.8 Å². The lowest BCUT2D eigenvalue weighted by molar-refractivity contribution is -0.0887. The van der Waals surface area contributed by atoms with Crippen molar-refractivity contribution < 1.29 is 41.6 Å². The van der Waals surface area contributed by atoms with Gasteiger partial charge in [-0.05, 0) is 62.1 Å². The fourth-order valence-electron chi connectivity index (χ4n) is 5.50. The molecular formula is C32H33ClF2N3O7P. The van der Waals surface area contributed by atoms with Crippen molar-refractivity contribution in [3.05, 3.63) is 99.6 Å². The van der Waals surface area contributed by atoms with Crippen molar-refractivity contribution in [2.24, 2.45) is 0 Å². The summed E-state index contributed by atoms with van der Waals surface area (Å²) in [7, 11) is -3.43. The topological polar surface area (TPSA) is 136 Å². The van der Waals surface area contributed by atoms with E-state index in [0.29, 0.717) is 0 Å². The fourth-order valence-corrected chi connectivity index (χ4v) is 7.10. The van der Waals surface area contributed by atoms with Crippen LogP contribution in [0.2, 0.25) is 5.02 Å². The highest BCUT2D eigenvalue weighted by molar-refractivity contribution is 7.33. The van der Waals surface area contributed by atoms with Gasteiger partial charge in [0.05, 0.1) is 27.9 Å². The number of nitrogen functional groups attached to an aromatic ring is 1. The molecule has 0 aromatic heterocycles. The van der Waals surface area contributed by atoms with Gasteiger partial charge in [0, 0.05) is 0 Å². The van der Waals surface area contributed by atoms with Crippen molar-refractivity contribution in [1.29, 1.82) is 0 Å². The number of carbonyl (C=O) groups is 4. The third-order valence-electron chi connectivity index (χ3n) is 8.22. The minimum atomic E-state index is -3.43. The van der Waals surface area contributed by atoms with Crippen LogP contribution < -0.4 is 5.73 Å². The number of carbonyl (C=O) groups excluding carboxylic acids is 4. The zero-order valence-corrected chi connectivity index (χ0v) is 27.3. The summed E-state index contributed by atoms with van der Waals surface area (Å²) in [6, 6.07) is 15.0. The van der Waals surface area contributed by atoms with Gasteiger partial charge >= 0.3 is 8.25 Å². The summed E-state index contributed by atoms with van der Waals surface area (Å²) < 4.78 is 50.1. The van der Waals surface area contributed by atoms with Gasteiger partial charge < -0.3 is 5.73 Å². The lowest BCUT2D eigenvalue weighted by Gasteiger charge is -2.41. The number of halogens is 3. The number of hydrogen-bond donors (Lipinski definition) is 1. The number of nitrogens with zero attached hydrogens (tertiary/aromatic N) is 2. The van der Waals surface area contributed by atoms with Crippen LogP contribution in [0.1, 0.15) is 94.8 Å². The van der Waals surface area contributed by atoms with Crippen molar-refractivity contribution >= 4 is 49.2 Å². The molecule has 0 unspecified atom stereocenters. The number of amides is 4. The van der Waals surface area contributed by atoms with Crippen molar-refractivity contribution in [1.82, 2.24) is 9.80 Å². The van der Waals surface area contributed by atoms with Crippen molar-refractivity contribution in [2.75, 3.05) is 5.73 Å². The summed E-state index contributed by atoms with van der Waals surface area (Å²) >= 11 is 5.15. The van der Waals surface area contributed by atoms with Crippen LogP contribution in [0.5, 0.6) is 0 Å². The molecule has 0 saturated carbocycles. The lowest BCUT2D eigenvalue weighted by Crippen LogP contribution is -2.54. The number of rotatable bonds is 10. The van der Waals surface area contributed by atoms with Crippen molar-refractivity contribution in [3.8, 4) is 0 Å². The van der Waals surface area contributed by atoms with Crippen LogP contribution in [-0.2, 0) is 13.6 Å². The maximum absolute atomic E-state index is 13.4. The first kappa shape index (κ1) is 34.9. The Hall–Kier alpha value is -3.96. The summed E-state index contributed by atoms with van der Waals surface area (Å²) in [6.07, 6.45) is 0.639. The zero-order chi connectivity index (χ0) is 34.0. The monoisotopic (exact) mass is 675 g/mol. The molecule has 244 valence electrons. The summed E-state index contributed by atoms with van der Waals surface area (Å²) in [5, 5.41) is -0.556. The first-order valence-electron chi connectivity index (χ1n) is 14.6. The van der Waals surface area contributed by atoms with Crippen LogP contribution in [0.3, 0.4) is 0 Å². The normalized spacial score (nSPS) is 14.5. The number of anilines is 1. The molecule has 0 fully saturated rings. The van der Waals surface area contributed by atoms with E-state index in [1.807, 2.05) is 0 Å². The Bertz CT molecular complexity index is 1540. The van der Waals surface area contributed by atoms with E-state index in [1.165, 1.54) is 0 Å². The first-order chi connectivity index (χ1) is 21.8. The average molecular weight is 676 g/mol. The number of fused-ring (bicyclic) bond motifs is 2. The van der Waals surface area contributed by atoms with Crippen LogP contribution in [0.25, 0.3) is 0 Å². The van der Waals surface area contributed by atoms with Crippen LogP contribution in [-0.4, -0.2) is 44.9 Å². The molecule has 2 N–H and O–H groups in total. The molecule has 0 spiro atoms. The number of benzene rings is 3. The molecule has 0 radical (unpaired) electrons. The predicted molar refractivity (Wildman–Crippen MR) is 167 cm³/mol. The van der Waals surface area contributed by atoms with Gasteiger partial charge in [-0.25, -0.2) is 18.6 Å². The molecule has 4 amide bonds. The van der Waals surface area contributed by atoms with E-state index in [9.17, 15) is 32.5 Å². The van der Waals surface area contributed by atoms with E-state index >= 15 is 0 Å². The zero-order valence-electron chi connectivity index (χ0n) is 25.6. The van der Waals surface area contributed by atoms with Gasteiger partial charge in [-0.15, -0.1) is 0 Å². The van der Waals surface area contributed by atoms with E-state index in [2.05, 4.69) is 0 Å². The van der Waals surface area contributed by atoms with Gasteiger partial charge in [-0.1, -0.05) is 63.6 Å². The van der Waals surface area contributed by atoms with Crippen LogP contribution in [0.4, 0.5) is 14.5 Å². The molecule has 0 aliphatic carbocycles. The van der Waals surface area contributed by atoms with Crippen molar-refractivity contribution in [2.45, 2.75) is 64.8 Å². The second-order valence-corrected chi connectivity index (χ2v) is 11.8. The molecule has 0 saturated heterocycles. The molecule has 2 aliphatic rings. The summed E-state index contributed by atoms with van der Waals surface area (Å²) in [4.78, 5) is 54.7. The van der Waals surface area contributed by atoms with Gasteiger partial charge in [0.1, 0.15) is 10.8 Å². The van der Waals surface area contributed by atoms with Gasteiger partial charge in [-0.2, -0.15) is 0 Å². The number of imide groups is 2. The first-order valence-corrected chi connectivity index (χ1v) is 16.2. The molecule has 46 heavy (non-hydrogen) atoms. The largest absolute Gasteiger partial charge is 0.396 e. The molecule has 0 atom stereocenters. The molecule has 14 heteroatoms. The molecule has 3 aromatic carbocycles. The number of nitrogens with two attached hydrogens (primary N) is 1. The molecule has 2 aliphatic heterocycles. The van der Waals surface area contributed by atoms with Crippen molar-refractivity contribution in [3.63, 3.8) is 0 Å². The van der Waals surface area contributed by atoms with E-state index in [0.717, 1.165) is 21.9 Å². The maximum Gasteiger partial charge on any atom is 0.323 e. The van der Waals surface area contributed by atoms with Gasteiger partial charge in [0.2, 0.25) is 0 Å². The molecule has 2 heterocycles. The second kappa shape index (κ2) is 13.8. The highest BCUT2D eigenvalue weighted by Gasteiger charge is 2.52. The quantitative estimate of drug-likeness (QED) is 0.103. The SMILES string of the molecule is CCC(CC)(O[PH](=O)OC(CC)(CC)N1C(=O)c2ccccc2C1=O)N1C(=O)c2ccccc2C1=O.Nc1ccc(F)c(Cl)c1F. The van der Waals surface area contributed by atoms with E-state index in [4.69, 9.17) is 26.4 Å². The molecule has 10 nitrogen and oxygen atoms in total. The van der Waals surface area contributed by atoms with E-state index in [-0.39, 0.29) is 53.6 Å². The minimum Gasteiger partial charge on any atom is -0.396 e. The highest BCUT2D eigenvalue weighted by Crippen LogP contribution is 2.47. The third-order valence-corrected chi connectivity index (χ3v) is 9.66. The molecular weight excluding hydrogens is 643 g/mol. The van der Waals surface area contributed by atoms with Crippen LogP contribution in [0, 0.1) is 11.6 Å². The second-order valence-electron chi connectivity index (χ2n) is 10.5. The van der Waals surface area contributed by atoms with Gasteiger partial charge in [0.25, 0.3) is 23.6 Å². The summed E-state index contributed by atoms with van der Waals surface area (Å²) in [5.74, 6) is -3.84. The summed E-state index contributed by atoms with van der Waals surface area (Å²) in [5.41, 5.74) is 2.86. The average Bonchev–Trinajstić information content (AvgIpc) is 3.48. The van der Waals surface area contributed by atoms with E-state index < -0.39 is 60.0 Å². The Kier molecular flexibility index (Phi) is 10.5. The Morgan fingerprint density at radius 3 is 1.28 bits per heavy atom. The third kappa shape index (κ3) is 5.98. The minimum absolute atomic E-state index is 0.147. The smallest absolute Gasteiger partial charge is 0.323 e. The predicted octanol–water partition coefficient (Wildman–Crippen LogP) is 7.23. The Morgan fingerprint density at radius 2 is 1.00 bits per heavy atom. The lowest BCUT2D eigenvalue weighted by atomic mass is 10.1. The molecule has 3 aromatic rings. The Labute approximate surface area is 270 Å².